The first kappa shape index (κ1) is 15.0. The number of aromatic nitrogens is 1. The Kier molecular flexibility index (Phi) is 5.12. The molecule has 1 heterocycles. The van der Waals surface area contributed by atoms with Crippen molar-refractivity contribution in [2.24, 2.45) is 17.1 Å². The van der Waals surface area contributed by atoms with Gasteiger partial charge in [0, 0.05) is 25.5 Å². The number of hydrogen-bond acceptors (Lipinski definition) is 3. The van der Waals surface area contributed by atoms with Gasteiger partial charge in [-0.05, 0) is 55.7 Å². The van der Waals surface area contributed by atoms with Crippen LogP contribution in [-0.4, -0.2) is 24.0 Å². The highest BCUT2D eigenvalue weighted by Crippen LogP contribution is 2.38. The molecule has 1 aromatic rings. The second kappa shape index (κ2) is 6.84. The average molecular weight is 275 g/mol. The van der Waals surface area contributed by atoms with Crippen LogP contribution in [0.3, 0.4) is 0 Å². The van der Waals surface area contributed by atoms with Gasteiger partial charge < -0.3 is 11.1 Å². The van der Waals surface area contributed by atoms with Gasteiger partial charge in [0.25, 0.3) is 0 Å². The van der Waals surface area contributed by atoms with Gasteiger partial charge in [0.2, 0.25) is 5.91 Å². The lowest BCUT2D eigenvalue weighted by atomic mass is 9.70. The Bertz CT molecular complexity index is 425. The molecule has 1 aliphatic carbocycles. The lowest BCUT2D eigenvalue weighted by Gasteiger charge is -2.37. The average Bonchev–Trinajstić information content (AvgIpc) is 2.49. The van der Waals surface area contributed by atoms with Crippen LogP contribution in [-0.2, 0) is 11.2 Å². The summed E-state index contributed by atoms with van der Waals surface area (Å²) in [4.78, 5) is 16.4. The quantitative estimate of drug-likeness (QED) is 0.862. The van der Waals surface area contributed by atoms with Crippen LogP contribution in [0.25, 0.3) is 0 Å². The molecule has 2 rings (SSSR count). The summed E-state index contributed by atoms with van der Waals surface area (Å²) < 4.78 is 0. The number of nitrogens with two attached hydrogens (primary N) is 1. The van der Waals surface area contributed by atoms with Gasteiger partial charge >= 0.3 is 0 Å². The van der Waals surface area contributed by atoms with Crippen LogP contribution in [0.1, 0.15) is 38.2 Å². The zero-order chi connectivity index (χ0) is 14.4. The fourth-order valence-electron chi connectivity index (χ4n) is 2.90. The van der Waals surface area contributed by atoms with Crippen molar-refractivity contribution < 1.29 is 4.79 Å². The minimum absolute atomic E-state index is 0.140. The van der Waals surface area contributed by atoms with Crippen LogP contribution >= 0.6 is 0 Å². The fraction of sp³-hybridized carbons (Fsp3) is 0.625. The lowest BCUT2D eigenvalue weighted by molar-refractivity contribution is -0.132. The van der Waals surface area contributed by atoms with E-state index in [-0.39, 0.29) is 11.3 Å². The first-order chi connectivity index (χ1) is 9.66. The second-order valence-electron chi connectivity index (χ2n) is 6.03. The summed E-state index contributed by atoms with van der Waals surface area (Å²) in [5.74, 6) is 0.861. The monoisotopic (exact) mass is 275 g/mol. The predicted octanol–water partition coefficient (Wildman–Crippen LogP) is 1.90. The van der Waals surface area contributed by atoms with E-state index in [1.807, 2.05) is 12.1 Å². The fourth-order valence-corrected chi connectivity index (χ4v) is 2.90. The number of carbonyl (C=O) groups is 1. The van der Waals surface area contributed by atoms with Gasteiger partial charge in [-0.1, -0.05) is 6.92 Å². The molecule has 0 unspecified atom stereocenters. The number of hydrogen-bond donors (Lipinski definition) is 2. The van der Waals surface area contributed by atoms with Crippen LogP contribution < -0.4 is 11.1 Å². The molecular weight excluding hydrogens is 250 g/mol. The molecule has 3 N–H and O–H groups in total. The third kappa shape index (κ3) is 3.57. The number of carbonyl (C=O) groups excluding carboxylic acids is 1. The Morgan fingerprint density at radius 3 is 2.65 bits per heavy atom. The molecule has 0 bridgehead atoms. The van der Waals surface area contributed by atoms with Crippen molar-refractivity contribution in [1.29, 1.82) is 0 Å². The molecule has 0 saturated heterocycles. The summed E-state index contributed by atoms with van der Waals surface area (Å²) in [6, 6.07) is 3.96. The molecule has 110 valence electrons. The standard InChI is InChI=1S/C16H25N3O/c1-13-2-7-16(12-17,8-3-13)15(20)19-11-6-14-4-9-18-10-5-14/h4-5,9-10,13H,2-3,6-8,11-12,17H2,1H3,(H,19,20). The smallest absolute Gasteiger partial charge is 0.227 e. The summed E-state index contributed by atoms with van der Waals surface area (Å²) in [7, 11) is 0. The molecule has 1 amide bonds. The van der Waals surface area contributed by atoms with Gasteiger partial charge in [-0.2, -0.15) is 0 Å². The summed E-state index contributed by atoms with van der Waals surface area (Å²) in [6.07, 6.45) is 8.45. The maximum atomic E-state index is 12.4. The highest BCUT2D eigenvalue weighted by atomic mass is 16.2. The first-order valence-electron chi connectivity index (χ1n) is 7.53. The zero-order valence-electron chi connectivity index (χ0n) is 12.3. The van der Waals surface area contributed by atoms with E-state index in [2.05, 4.69) is 17.2 Å². The third-order valence-corrected chi connectivity index (χ3v) is 4.55. The second-order valence-corrected chi connectivity index (χ2v) is 6.03. The van der Waals surface area contributed by atoms with Crippen LogP contribution in [0.4, 0.5) is 0 Å². The lowest BCUT2D eigenvalue weighted by Crippen LogP contribution is -2.48. The number of rotatable bonds is 5. The van der Waals surface area contributed by atoms with Crippen molar-refractivity contribution in [3.63, 3.8) is 0 Å². The van der Waals surface area contributed by atoms with Gasteiger partial charge in [-0.15, -0.1) is 0 Å². The van der Waals surface area contributed by atoms with E-state index in [9.17, 15) is 4.79 Å². The summed E-state index contributed by atoms with van der Waals surface area (Å²) in [5, 5.41) is 3.07. The zero-order valence-corrected chi connectivity index (χ0v) is 12.3. The number of nitrogens with one attached hydrogen (secondary N) is 1. The molecule has 0 aliphatic heterocycles. The van der Waals surface area contributed by atoms with Gasteiger partial charge in [0.05, 0.1) is 5.41 Å². The number of amides is 1. The molecule has 1 fully saturated rings. The molecule has 0 aromatic carbocycles. The van der Waals surface area contributed by atoms with Gasteiger partial charge in [0.1, 0.15) is 0 Å². The topological polar surface area (TPSA) is 68.0 Å². The van der Waals surface area contributed by atoms with Crippen LogP contribution in [0, 0.1) is 11.3 Å². The molecule has 4 heteroatoms. The van der Waals surface area contributed by atoms with E-state index in [1.54, 1.807) is 12.4 Å². The summed E-state index contributed by atoms with van der Waals surface area (Å²) in [6.45, 7) is 3.38. The van der Waals surface area contributed by atoms with Crippen molar-refractivity contribution >= 4 is 5.91 Å². The van der Waals surface area contributed by atoms with Crippen molar-refractivity contribution in [1.82, 2.24) is 10.3 Å². The molecule has 4 nitrogen and oxygen atoms in total. The molecule has 0 atom stereocenters. The van der Waals surface area contributed by atoms with Crippen molar-refractivity contribution in [3.8, 4) is 0 Å². The van der Waals surface area contributed by atoms with E-state index in [0.29, 0.717) is 13.1 Å². The minimum Gasteiger partial charge on any atom is -0.355 e. The Balaban J connectivity index is 1.84. The predicted molar refractivity (Wildman–Crippen MR) is 80.1 cm³/mol. The van der Waals surface area contributed by atoms with E-state index in [1.165, 1.54) is 5.56 Å². The Hall–Kier alpha value is -1.42. The maximum absolute atomic E-state index is 12.4. The summed E-state index contributed by atoms with van der Waals surface area (Å²) >= 11 is 0. The van der Waals surface area contributed by atoms with Gasteiger partial charge in [0.15, 0.2) is 0 Å². The SMILES string of the molecule is CC1CCC(CN)(C(=O)NCCc2ccncc2)CC1. The molecule has 1 saturated carbocycles. The van der Waals surface area contributed by atoms with Crippen molar-refractivity contribution in [2.45, 2.75) is 39.0 Å². The van der Waals surface area contributed by atoms with Crippen LogP contribution in [0.15, 0.2) is 24.5 Å². The van der Waals surface area contributed by atoms with E-state index in [4.69, 9.17) is 5.73 Å². The van der Waals surface area contributed by atoms with Gasteiger partial charge in [-0.3, -0.25) is 9.78 Å². The number of nitrogens with zero attached hydrogens (tertiary/aromatic N) is 1. The van der Waals surface area contributed by atoms with E-state index >= 15 is 0 Å². The molecular formula is C16H25N3O. The normalized spacial score (nSPS) is 26.2. The van der Waals surface area contributed by atoms with Crippen molar-refractivity contribution in [3.05, 3.63) is 30.1 Å². The molecule has 0 spiro atoms. The van der Waals surface area contributed by atoms with Crippen LogP contribution in [0.5, 0.6) is 0 Å². The molecule has 1 aliphatic rings. The highest BCUT2D eigenvalue weighted by Gasteiger charge is 2.39. The highest BCUT2D eigenvalue weighted by molar-refractivity contribution is 5.83. The largest absolute Gasteiger partial charge is 0.355 e. The Morgan fingerprint density at radius 2 is 2.05 bits per heavy atom. The van der Waals surface area contributed by atoms with E-state index < -0.39 is 0 Å². The first-order valence-corrected chi connectivity index (χ1v) is 7.53. The van der Waals surface area contributed by atoms with E-state index in [0.717, 1.165) is 38.0 Å². The molecule has 1 aromatic heterocycles. The van der Waals surface area contributed by atoms with Crippen LogP contribution in [0.2, 0.25) is 0 Å². The number of pyridine rings is 1. The maximum Gasteiger partial charge on any atom is 0.227 e. The third-order valence-electron chi connectivity index (χ3n) is 4.55. The molecule has 0 radical (unpaired) electrons. The van der Waals surface area contributed by atoms with Gasteiger partial charge in [-0.25, -0.2) is 0 Å². The summed E-state index contributed by atoms with van der Waals surface area (Å²) in [5.41, 5.74) is 6.76. The Morgan fingerprint density at radius 1 is 1.40 bits per heavy atom. The molecule has 20 heavy (non-hydrogen) atoms. The van der Waals surface area contributed by atoms with Crippen molar-refractivity contribution in [2.75, 3.05) is 13.1 Å². The minimum atomic E-state index is -0.329. The Labute approximate surface area is 121 Å².